The first-order chi connectivity index (χ1) is 11.8. The Hall–Kier alpha value is -1.94. The molecule has 24 heavy (non-hydrogen) atoms. The highest BCUT2D eigenvalue weighted by atomic mass is 16.6. The number of likely N-dealkylation sites (N-methyl/N-ethyl adjacent to an activating group) is 1. The van der Waals surface area contributed by atoms with E-state index in [0.29, 0.717) is 6.61 Å². The second kappa shape index (κ2) is 10.0. The Balaban J connectivity index is 2.07. The van der Waals surface area contributed by atoms with E-state index >= 15 is 0 Å². The van der Waals surface area contributed by atoms with Crippen LogP contribution < -0.4 is 0 Å². The number of unbranched alkanes of at least 4 members (excludes halogenated alkanes) is 1. The zero-order valence-corrected chi connectivity index (χ0v) is 15.2. The third-order valence-corrected chi connectivity index (χ3v) is 4.25. The molecule has 0 saturated carbocycles. The van der Waals surface area contributed by atoms with Crippen LogP contribution in [-0.2, 0) is 11.3 Å². The highest BCUT2D eigenvalue weighted by Crippen LogP contribution is 2.18. The van der Waals surface area contributed by atoms with Gasteiger partial charge in [-0.3, -0.25) is 4.98 Å². The van der Waals surface area contributed by atoms with Gasteiger partial charge in [-0.25, -0.2) is 0 Å². The second-order valence-corrected chi connectivity index (χ2v) is 5.92. The molecule has 130 valence electrons. The Kier molecular flexibility index (Phi) is 7.69. The number of hydrogen-bond acceptors (Lipinski definition) is 4. The summed E-state index contributed by atoms with van der Waals surface area (Å²) in [7, 11) is 0. The van der Waals surface area contributed by atoms with Crippen LogP contribution in [0, 0.1) is 0 Å². The summed E-state index contributed by atoms with van der Waals surface area (Å²) in [4.78, 5) is 12.5. The number of aryl methyl sites for hydroxylation is 1. The molecule has 0 aliphatic heterocycles. The van der Waals surface area contributed by atoms with Gasteiger partial charge >= 0.3 is 0 Å². The summed E-state index contributed by atoms with van der Waals surface area (Å²) in [6, 6.07) is 10.3. The minimum atomic E-state index is 0.615. The molecule has 0 unspecified atom stereocenters. The quantitative estimate of drug-likeness (QED) is 0.371. The maximum Gasteiger partial charge on any atom is 0.129 e. The topological polar surface area (TPSA) is 37.7 Å². The summed E-state index contributed by atoms with van der Waals surface area (Å²) in [5, 5.41) is 5.29. The first-order valence-electron chi connectivity index (χ1n) is 9.04. The number of benzene rings is 1. The Labute approximate surface area is 145 Å². The lowest BCUT2D eigenvalue weighted by molar-refractivity contribution is 0.115. The average molecular weight is 327 g/mol. The molecule has 1 heterocycles. The van der Waals surface area contributed by atoms with E-state index in [1.165, 1.54) is 6.42 Å². The van der Waals surface area contributed by atoms with Crippen LogP contribution in [0.2, 0.25) is 0 Å². The summed E-state index contributed by atoms with van der Waals surface area (Å²) in [6.45, 7) is 10.1. The number of hydrogen-bond donors (Lipinski definition) is 0. The number of oxime groups is 1. The largest absolute Gasteiger partial charge is 0.394 e. The summed E-state index contributed by atoms with van der Waals surface area (Å²) in [6.07, 6.45) is 5.15. The van der Waals surface area contributed by atoms with E-state index in [9.17, 15) is 0 Å². The predicted octanol–water partition coefficient (Wildman–Crippen LogP) is 4.27. The molecular weight excluding hydrogens is 298 g/mol. The molecule has 4 nitrogen and oxygen atoms in total. The lowest BCUT2D eigenvalue weighted by atomic mass is 10.1. The molecule has 0 spiro atoms. The number of para-hydroxylation sites is 1. The molecule has 0 atom stereocenters. The summed E-state index contributed by atoms with van der Waals surface area (Å²) in [5.74, 6) is 0. The van der Waals surface area contributed by atoms with E-state index < -0.39 is 0 Å². The first-order valence-corrected chi connectivity index (χ1v) is 9.04. The Morgan fingerprint density at radius 3 is 2.71 bits per heavy atom. The summed E-state index contributed by atoms with van der Waals surface area (Å²) >= 11 is 0. The van der Waals surface area contributed by atoms with Crippen LogP contribution in [0.5, 0.6) is 0 Å². The first kappa shape index (κ1) is 18.4. The number of pyridine rings is 1. The van der Waals surface area contributed by atoms with Crippen LogP contribution in [-0.4, -0.2) is 42.3 Å². The van der Waals surface area contributed by atoms with Crippen molar-refractivity contribution in [1.29, 1.82) is 0 Å². The van der Waals surface area contributed by atoms with Crippen molar-refractivity contribution >= 4 is 17.1 Å². The number of rotatable bonds is 10. The van der Waals surface area contributed by atoms with Gasteiger partial charge in [0, 0.05) is 23.2 Å². The van der Waals surface area contributed by atoms with Gasteiger partial charge in [0.2, 0.25) is 0 Å². The maximum absolute atomic E-state index is 5.45. The highest BCUT2D eigenvalue weighted by Gasteiger charge is 2.04. The molecule has 0 aliphatic carbocycles. The van der Waals surface area contributed by atoms with Crippen molar-refractivity contribution in [3.8, 4) is 0 Å². The predicted molar refractivity (Wildman–Crippen MR) is 102 cm³/mol. The van der Waals surface area contributed by atoms with Gasteiger partial charge in [0.05, 0.1) is 11.7 Å². The lowest BCUT2D eigenvalue weighted by Crippen LogP contribution is -2.26. The third-order valence-electron chi connectivity index (χ3n) is 4.25. The second-order valence-electron chi connectivity index (χ2n) is 5.92. The molecule has 2 aromatic rings. The van der Waals surface area contributed by atoms with Gasteiger partial charge in [-0.2, -0.15) is 0 Å². The van der Waals surface area contributed by atoms with Gasteiger partial charge in [0.25, 0.3) is 0 Å². The molecule has 1 aromatic heterocycles. The van der Waals surface area contributed by atoms with Crippen LogP contribution in [0.25, 0.3) is 10.9 Å². The normalized spacial score (nSPS) is 11.7. The molecule has 0 amide bonds. The van der Waals surface area contributed by atoms with Crippen LogP contribution in [0.1, 0.15) is 44.9 Å². The number of aromatic nitrogens is 1. The van der Waals surface area contributed by atoms with Crippen LogP contribution in [0.15, 0.2) is 35.5 Å². The van der Waals surface area contributed by atoms with E-state index in [1.807, 2.05) is 18.3 Å². The van der Waals surface area contributed by atoms with Crippen molar-refractivity contribution in [2.45, 2.75) is 40.0 Å². The molecule has 2 rings (SSSR count). The Morgan fingerprint density at radius 2 is 1.96 bits per heavy atom. The molecule has 0 radical (unpaired) electrons. The van der Waals surface area contributed by atoms with Gasteiger partial charge in [0.15, 0.2) is 0 Å². The average Bonchev–Trinajstić information content (AvgIpc) is 2.62. The van der Waals surface area contributed by atoms with Gasteiger partial charge in [-0.15, -0.1) is 0 Å². The number of fused-ring (bicyclic) bond motifs is 1. The summed E-state index contributed by atoms with van der Waals surface area (Å²) < 4.78 is 0. The molecule has 0 N–H and O–H groups in total. The van der Waals surface area contributed by atoms with Gasteiger partial charge in [-0.05, 0) is 38.1 Å². The van der Waals surface area contributed by atoms with E-state index in [4.69, 9.17) is 9.82 Å². The Morgan fingerprint density at radius 1 is 1.17 bits per heavy atom. The standard InChI is InChI=1S/C20H29N3O/c1-4-7-10-18-15-17(19-11-8-9-12-20(19)22-18)16-21-24-14-13-23(5-2)6-3/h8-9,11-12,15-16H,4-7,10,13-14H2,1-3H3/b21-16-. The molecule has 0 saturated heterocycles. The Bertz CT molecular complexity index is 650. The minimum absolute atomic E-state index is 0.615. The maximum atomic E-state index is 5.45. The third kappa shape index (κ3) is 5.31. The number of nitrogens with zero attached hydrogens (tertiary/aromatic N) is 3. The molecule has 0 aliphatic rings. The molecule has 1 aromatic carbocycles. The molecule has 0 bridgehead atoms. The molecule has 0 fully saturated rings. The fourth-order valence-corrected chi connectivity index (χ4v) is 2.71. The van der Waals surface area contributed by atoms with Crippen molar-refractivity contribution in [1.82, 2.24) is 9.88 Å². The van der Waals surface area contributed by atoms with E-state index in [2.05, 4.69) is 49.0 Å². The van der Waals surface area contributed by atoms with Crippen molar-refractivity contribution in [3.05, 3.63) is 41.6 Å². The van der Waals surface area contributed by atoms with Crippen molar-refractivity contribution in [3.63, 3.8) is 0 Å². The van der Waals surface area contributed by atoms with Crippen LogP contribution in [0.4, 0.5) is 0 Å². The van der Waals surface area contributed by atoms with Crippen molar-refractivity contribution < 1.29 is 4.84 Å². The van der Waals surface area contributed by atoms with E-state index in [1.54, 1.807) is 0 Å². The van der Waals surface area contributed by atoms with Gasteiger partial charge < -0.3 is 9.74 Å². The summed E-state index contributed by atoms with van der Waals surface area (Å²) in [5.41, 5.74) is 3.23. The van der Waals surface area contributed by atoms with Crippen molar-refractivity contribution in [2.24, 2.45) is 5.16 Å². The zero-order valence-electron chi connectivity index (χ0n) is 15.2. The highest BCUT2D eigenvalue weighted by molar-refractivity contribution is 5.98. The fraction of sp³-hybridized carbons (Fsp3) is 0.500. The minimum Gasteiger partial charge on any atom is -0.394 e. The smallest absolute Gasteiger partial charge is 0.129 e. The van der Waals surface area contributed by atoms with E-state index in [0.717, 1.165) is 54.6 Å². The monoisotopic (exact) mass is 327 g/mol. The van der Waals surface area contributed by atoms with E-state index in [-0.39, 0.29) is 0 Å². The molecule has 4 heteroatoms. The SMILES string of the molecule is CCCCc1cc(/C=N\OCCN(CC)CC)c2ccccc2n1. The zero-order chi connectivity index (χ0) is 17.2. The van der Waals surface area contributed by atoms with Gasteiger partial charge in [-0.1, -0.05) is 50.5 Å². The lowest BCUT2D eigenvalue weighted by Gasteiger charge is -2.16. The van der Waals surface area contributed by atoms with Crippen LogP contribution in [0.3, 0.4) is 0 Å². The fourth-order valence-electron chi connectivity index (χ4n) is 2.71. The van der Waals surface area contributed by atoms with Gasteiger partial charge in [0.1, 0.15) is 6.61 Å². The molecular formula is C20H29N3O. The van der Waals surface area contributed by atoms with Crippen LogP contribution >= 0.6 is 0 Å². The van der Waals surface area contributed by atoms with Crippen molar-refractivity contribution in [2.75, 3.05) is 26.2 Å².